The molecule has 0 heterocycles. The Hall–Kier alpha value is -2.02. The summed E-state index contributed by atoms with van der Waals surface area (Å²) >= 11 is 0. The topological polar surface area (TPSA) is 12.0 Å². The number of hydrogen-bond acceptors (Lipinski definition) is 1. The zero-order valence-electron chi connectivity index (χ0n) is 10.1. The van der Waals surface area contributed by atoms with Crippen LogP contribution in [0.4, 0.5) is 5.69 Å². The third kappa shape index (κ3) is 2.56. The number of hydrogen-bond donors (Lipinski definition) is 1. The molecule has 0 aromatic heterocycles. The number of nitrogens with one attached hydrogen (secondary N) is 1. The minimum atomic E-state index is 0.121. The Labute approximate surface area is 102 Å². The molecule has 0 aliphatic carbocycles. The number of fused-ring (bicyclic) bond motifs is 1. The minimum absolute atomic E-state index is 0.121. The van der Waals surface area contributed by atoms with Gasteiger partial charge in [-0.05, 0) is 29.8 Å². The summed E-state index contributed by atoms with van der Waals surface area (Å²) in [5.74, 6) is 0. The van der Waals surface area contributed by atoms with Gasteiger partial charge in [-0.15, -0.1) is 6.58 Å². The van der Waals surface area contributed by atoms with Crippen molar-refractivity contribution >= 4 is 16.5 Å². The molecule has 1 atom stereocenters. The van der Waals surface area contributed by atoms with Gasteiger partial charge in [-0.1, -0.05) is 48.6 Å². The van der Waals surface area contributed by atoms with Gasteiger partial charge in [0.05, 0.1) is 6.04 Å². The summed E-state index contributed by atoms with van der Waals surface area (Å²) in [4.78, 5) is 0. The number of benzene rings is 2. The van der Waals surface area contributed by atoms with Crippen LogP contribution in [0.15, 0.2) is 67.3 Å². The standard InChI is InChI=1S/C16H17N/c1-4-16(12(2)3)17-15-10-9-13-7-5-6-8-14(13)11-15/h4-11,16-17H,1-2H2,3H3. The molecule has 0 fully saturated rings. The van der Waals surface area contributed by atoms with E-state index in [1.165, 1.54) is 10.8 Å². The molecular weight excluding hydrogens is 206 g/mol. The average molecular weight is 223 g/mol. The van der Waals surface area contributed by atoms with Crippen molar-refractivity contribution in [1.29, 1.82) is 0 Å². The van der Waals surface area contributed by atoms with Gasteiger partial charge in [0.2, 0.25) is 0 Å². The fourth-order valence-corrected chi connectivity index (χ4v) is 1.84. The van der Waals surface area contributed by atoms with E-state index in [2.05, 4.69) is 60.9 Å². The molecule has 1 heteroatoms. The van der Waals surface area contributed by atoms with Gasteiger partial charge in [0.15, 0.2) is 0 Å². The maximum absolute atomic E-state index is 3.95. The van der Waals surface area contributed by atoms with Crippen LogP contribution in [0.3, 0.4) is 0 Å². The molecule has 0 saturated carbocycles. The largest absolute Gasteiger partial charge is 0.375 e. The number of anilines is 1. The molecule has 0 bridgehead atoms. The smallest absolute Gasteiger partial charge is 0.0650 e. The van der Waals surface area contributed by atoms with Crippen LogP contribution in [-0.4, -0.2) is 6.04 Å². The van der Waals surface area contributed by atoms with Crippen LogP contribution in [0.2, 0.25) is 0 Å². The normalized spacial score (nSPS) is 12.1. The highest BCUT2D eigenvalue weighted by Crippen LogP contribution is 2.20. The monoisotopic (exact) mass is 223 g/mol. The lowest BCUT2D eigenvalue weighted by molar-refractivity contribution is 1.03. The van der Waals surface area contributed by atoms with E-state index in [1.54, 1.807) is 0 Å². The molecule has 2 rings (SSSR count). The molecule has 86 valence electrons. The summed E-state index contributed by atoms with van der Waals surface area (Å²) in [6, 6.07) is 14.8. The zero-order chi connectivity index (χ0) is 12.3. The molecule has 1 unspecified atom stereocenters. The van der Waals surface area contributed by atoms with Gasteiger partial charge in [-0.3, -0.25) is 0 Å². The molecule has 0 aliphatic rings. The second-order valence-corrected chi connectivity index (χ2v) is 4.27. The quantitative estimate of drug-likeness (QED) is 0.758. The van der Waals surface area contributed by atoms with Gasteiger partial charge in [0.25, 0.3) is 0 Å². The van der Waals surface area contributed by atoms with E-state index in [0.717, 1.165) is 11.3 Å². The zero-order valence-corrected chi connectivity index (χ0v) is 10.1. The Kier molecular flexibility index (Phi) is 3.29. The third-order valence-electron chi connectivity index (χ3n) is 2.84. The van der Waals surface area contributed by atoms with E-state index in [4.69, 9.17) is 0 Å². The van der Waals surface area contributed by atoms with Crippen LogP contribution in [0.1, 0.15) is 6.92 Å². The first-order valence-electron chi connectivity index (χ1n) is 5.74. The highest BCUT2D eigenvalue weighted by molar-refractivity contribution is 5.85. The van der Waals surface area contributed by atoms with E-state index in [-0.39, 0.29) is 6.04 Å². The second-order valence-electron chi connectivity index (χ2n) is 4.27. The Balaban J connectivity index is 2.30. The van der Waals surface area contributed by atoms with Crippen LogP contribution in [0.5, 0.6) is 0 Å². The lowest BCUT2D eigenvalue weighted by Gasteiger charge is -2.16. The van der Waals surface area contributed by atoms with Gasteiger partial charge < -0.3 is 5.32 Å². The first kappa shape index (κ1) is 11.5. The molecule has 0 saturated heterocycles. The van der Waals surface area contributed by atoms with E-state index in [1.807, 2.05) is 13.0 Å². The van der Waals surface area contributed by atoms with Gasteiger partial charge in [-0.2, -0.15) is 0 Å². The molecule has 0 aliphatic heterocycles. The summed E-state index contributed by atoms with van der Waals surface area (Å²) in [5.41, 5.74) is 2.16. The highest BCUT2D eigenvalue weighted by Gasteiger charge is 2.04. The van der Waals surface area contributed by atoms with Crippen molar-refractivity contribution in [3.8, 4) is 0 Å². The highest BCUT2D eigenvalue weighted by atomic mass is 14.9. The summed E-state index contributed by atoms with van der Waals surface area (Å²) < 4.78 is 0. The molecule has 0 spiro atoms. The maximum Gasteiger partial charge on any atom is 0.0650 e. The first-order chi connectivity index (χ1) is 8.20. The fourth-order valence-electron chi connectivity index (χ4n) is 1.84. The van der Waals surface area contributed by atoms with Crippen molar-refractivity contribution in [2.75, 3.05) is 5.32 Å². The lowest BCUT2D eigenvalue weighted by atomic mass is 10.1. The molecule has 0 amide bonds. The van der Waals surface area contributed by atoms with E-state index < -0.39 is 0 Å². The molecule has 2 aromatic carbocycles. The Bertz CT molecular complexity index is 554. The van der Waals surface area contributed by atoms with Gasteiger partial charge in [-0.25, -0.2) is 0 Å². The predicted octanol–water partition coefficient (Wildman–Crippen LogP) is 4.38. The molecule has 1 nitrogen and oxygen atoms in total. The second kappa shape index (κ2) is 4.88. The Morgan fingerprint density at radius 2 is 1.88 bits per heavy atom. The van der Waals surface area contributed by atoms with E-state index >= 15 is 0 Å². The van der Waals surface area contributed by atoms with Gasteiger partial charge in [0, 0.05) is 5.69 Å². The number of rotatable bonds is 4. The summed E-state index contributed by atoms with van der Waals surface area (Å²) in [5, 5.41) is 5.89. The lowest BCUT2D eigenvalue weighted by Crippen LogP contribution is -2.16. The Morgan fingerprint density at radius 3 is 2.53 bits per heavy atom. The minimum Gasteiger partial charge on any atom is -0.375 e. The molecule has 2 aromatic rings. The molecular formula is C16H17N. The van der Waals surface area contributed by atoms with Crippen LogP contribution < -0.4 is 5.32 Å². The molecule has 0 radical (unpaired) electrons. The van der Waals surface area contributed by atoms with Crippen molar-refractivity contribution in [3.63, 3.8) is 0 Å². The van der Waals surface area contributed by atoms with E-state index in [0.29, 0.717) is 0 Å². The summed E-state index contributed by atoms with van der Waals surface area (Å²) in [7, 11) is 0. The van der Waals surface area contributed by atoms with Crippen LogP contribution >= 0.6 is 0 Å². The SMILES string of the molecule is C=CC(Nc1ccc2ccccc2c1)C(=C)C. The first-order valence-corrected chi connectivity index (χ1v) is 5.74. The molecule has 1 N–H and O–H groups in total. The van der Waals surface area contributed by atoms with E-state index in [9.17, 15) is 0 Å². The van der Waals surface area contributed by atoms with Gasteiger partial charge in [0.1, 0.15) is 0 Å². The van der Waals surface area contributed by atoms with Crippen molar-refractivity contribution in [2.24, 2.45) is 0 Å². The summed E-state index contributed by atoms with van der Waals surface area (Å²) in [6.07, 6.45) is 1.87. The van der Waals surface area contributed by atoms with Crippen LogP contribution in [0, 0.1) is 0 Å². The maximum atomic E-state index is 3.95. The van der Waals surface area contributed by atoms with Crippen molar-refractivity contribution < 1.29 is 0 Å². The third-order valence-corrected chi connectivity index (χ3v) is 2.84. The predicted molar refractivity (Wildman–Crippen MR) is 76.4 cm³/mol. The van der Waals surface area contributed by atoms with Crippen molar-refractivity contribution in [1.82, 2.24) is 0 Å². The fraction of sp³-hybridized carbons (Fsp3) is 0.125. The van der Waals surface area contributed by atoms with Crippen molar-refractivity contribution in [3.05, 3.63) is 67.3 Å². The molecule has 17 heavy (non-hydrogen) atoms. The van der Waals surface area contributed by atoms with Gasteiger partial charge >= 0.3 is 0 Å². The van der Waals surface area contributed by atoms with Crippen molar-refractivity contribution in [2.45, 2.75) is 13.0 Å². The summed E-state index contributed by atoms with van der Waals surface area (Å²) in [6.45, 7) is 9.77. The Morgan fingerprint density at radius 1 is 1.18 bits per heavy atom. The average Bonchev–Trinajstić information content (AvgIpc) is 2.35. The van der Waals surface area contributed by atoms with Crippen LogP contribution in [-0.2, 0) is 0 Å². The van der Waals surface area contributed by atoms with Crippen LogP contribution in [0.25, 0.3) is 10.8 Å².